The number of hydrogen-bond donors (Lipinski definition) is 1. The highest BCUT2D eigenvalue weighted by Gasteiger charge is 2.24. The van der Waals surface area contributed by atoms with Crippen molar-refractivity contribution < 1.29 is 0 Å². The van der Waals surface area contributed by atoms with E-state index >= 15 is 0 Å². The van der Waals surface area contributed by atoms with Crippen molar-refractivity contribution in [2.75, 3.05) is 7.05 Å². The van der Waals surface area contributed by atoms with Crippen molar-refractivity contribution in [2.45, 2.75) is 64.7 Å². The summed E-state index contributed by atoms with van der Waals surface area (Å²) in [6, 6.07) is 1.02. The van der Waals surface area contributed by atoms with Gasteiger partial charge >= 0.3 is 0 Å². The predicted molar refractivity (Wildman–Crippen MR) is 79.3 cm³/mol. The quantitative estimate of drug-likeness (QED) is 0.924. The average molecular weight is 285 g/mol. The second-order valence-electron chi connectivity index (χ2n) is 5.65. The van der Waals surface area contributed by atoms with Gasteiger partial charge in [0, 0.05) is 25.2 Å². The molecule has 1 aliphatic carbocycles. The lowest BCUT2D eigenvalue weighted by atomic mass is 9.91. The van der Waals surface area contributed by atoms with Gasteiger partial charge < -0.3 is 5.73 Å². The minimum Gasteiger partial charge on any atom is -0.328 e. The summed E-state index contributed by atoms with van der Waals surface area (Å²) in [4.78, 5) is 2.40. The SMILES string of the molecule is CCn1nc(C)c(Cl)c1CN(C)C1CCC(N)CC1. The second-order valence-corrected chi connectivity index (χ2v) is 6.02. The molecule has 1 heterocycles. The lowest BCUT2D eigenvalue weighted by Crippen LogP contribution is -2.38. The molecule has 4 nitrogen and oxygen atoms in total. The monoisotopic (exact) mass is 284 g/mol. The van der Waals surface area contributed by atoms with Gasteiger partial charge in [0.25, 0.3) is 0 Å². The zero-order chi connectivity index (χ0) is 14.0. The molecular formula is C14H25ClN4. The fourth-order valence-electron chi connectivity index (χ4n) is 2.93. The molecule has 0 saturated heterocycles. The van der Waals surface area contributed by atoms with Crippen LogP contribution < -0.4 is 5.73 Å². The highest BCUT2D eigenvalue weighted by Crippen LogP contribution is 2.26. The molecule has 1 saturated carbocycles. The van der Waals surface area contributed by atoms with Gasteiger partial charge in [0.15, 0.2) is 0 Å². The van der Waals surface area contributed by atoms with Crippen molar-refractivity contribution in [1.29, 1.82) is 0 Å². The molecule has 1 aliphatic rings. The zero-order valence-electron chi connectivity index (χ0n) is 12.2. The van der Waals surface area contributed by atoms with Crippen molar-refractivity contribution in [1.82, 2.24) is 14.7 Å². The first kappa shape index (κ1) is 14.8. The first-order valence-electron chi connectivity index (χ1n) is 7.20. The minimum absolute atomic E-state index is 0.400. The van der Waals surface area contributed by atoms with Gasteiger partial charge in [-0.25, -0.2) is 0 Å². The lowest BCUT2D eigenvalue weighted by Gasteiger charge is -2.33. The molecule has 0 aliphatic heterocycles. The van der Waals surface area contributed by atoms with Crippen LogP contribution in [0.5, 0.6) is 0 Å². The first-order chi connectivity index (χ1) is 9.02. The normalized spacial score (nSPS) is 24.1. The third kappa shape index (κ3) is 3.30. The van der Waals surface area contributed by atoms with E-state index < -0.39 is 0 Å². The predicted octanol–water partition coefficient (Wildman–Crippen LogP) is 2.57. The van der Waals surface area contributed by atoms with Gasteiger partial charge in [-0.2, -0.15) is 5.10 Å². The Morgan fingerprint density at radius 1 is 1.37 bits per heavy atom. The van der Waals surface area contributed by atoms with Crippen LogP contribution in [0.1, 0.15) is 44.0 Å². The van der Waals surface area contributed by atoms with E-state index in [-0.39, 0.29) is 0 Å². The average Bonchev–Trinajstić information content (AvgIpc) is 2.67. The van der Waals surface area contributed by atoms with E-state index in [9.17, 15) is 0 Å². The number of rotatable bonds is 4. The Labute approximate surface area is 120 Å². The van der Waals surface area contributed by atoms with Crippen LogP contribution in [0.25, 0.3) is 0 Å². The molecule has 19 heavy (non-hydrogen) atoms. The van der Waals surface area contributed by atoms with Crippen molar-refractivity contribution in [3.05, 3.63) is 16.4 Å². The van der Waals surface area contributed by atoms with E-state index in [1.807, 2.05) is 11.6 Å². The summed E-state index contributed by atoms with van der Waals surface area (Å²) in [5.41, 5.74) is 8.04. The number of aromatic nitrogens is 2. The third-order valence-corrected chi connectivity index (χ3v) is 4.71. The summed E-state index contributed by atoms with van der Waals surface area (Å²) in [5.74, 6) is 0. The standard InChI is InChI=1S/C14H25ClN4/c1-4-19-13(14(15)10(2)17-19)9-18(3)12-7-5-11(16)6-8-12/h11-12H,4-9,16H2,1-3H3. The summed E-state index contributed by atoms with van der Waals surface area (Å²) in [7, 11) is 2.18. The van der Waals surface area contributed by atoms with Crippen molar-refractivity contribution in [3.8, 4) is 0 Å². The molecule has 5 heteroatoms. The molecule has 0 amide bonds. The number of nitrogens with two attached hydrogens (primary N) is 1. The van der Waals surface area contributed by atoms with Crippen molar-refractivity contribution in [2.24, 2.45) is 5.73 Å². The van der Waals surface area contributed by atoms with Gasteiger partial charge in [0.1, 0.15) is 0 Å². The molecule has 2 rings (SSSR count). The number of nitrogens with zero attached hydrogens (tertiary/aromatic N) is 3. The highest BCUT2D eigenvalue weighted by atomic mass is 35.5. The van der Waals surface area contributed by atoms with Crippen molar-refractivity contribution >= 4 is 11.6 Å². The van der Waals surface area contributed by atoms with Gasteiger partial charge in [-0.05, 0) is 46.6 Å². The Morgan fingerprint density at radius 2 is 2.00 bits per heavy atom. The Hall–Kier alpha value is -0.580. The summed E-state index contributed by atoms with van der Waals surface area (Å²) < 4.78 is 2.02. The second kappa shape index (κ2) is 6.25. The molecule has 2 N–H and O–H groups in total. The fraction of sp³-hybridized carbons (Fsp3) is 0.786. The van der Waals surface area contributed by atoms with E-state index in [0.29, 0.717) is 12.1 Å². The van der Waals surface area contributed by atoms with Crippen LogP contribution in [-0.2, 0) is 13.1 Å². The van der Waals surface area contributed by atoms with Crippen LogP contribution in [0, 0.1) is 6.92 Å². The molecule has 0 unspecified atom stereocenters. The summed E-state index contributed by atoms with van der Waals surface area (Å²) >= 11 is 6.37. The van der Waals surface area contributed by atoms with Crippen LogP contribution in [-0.4, -0.2) is 33.8 Å². The maximum absolute atomic E-state index is 6.37. The van der Waals surface area contributed by atoms with Gasteiger partial charge in [-0.3, -0.25) is 9.58 Å². The molecule has 0 atom stereocenters. The maximum atomic E-state index is 6.37. The molecule has 1 fully saturated rings. The molecule has 108 valence electrons. The lowest BCUT2D eigenvalue weighted by molar-refractivity contribution is 0.172. The van der Waals surface area contributed by atoms with Crippen LogP contribution in [0.3, 0.4) is 0 Å². The molecule has 0 spiro atoms. The van der Waals surface area contributed by atoms with E-state index in [0.717, 1.165) is 42.3 Å². The molecule has 1 aromatic heterocycles. The summed E-state index contributed by atoms with van der Waals surface area (Å²) in [6.45, 7) is 5.81. The fourth-order valence-corrected chi connectivity index (χ4v) is 3.12. The van der Waals surface area contributed by atoms with Crippen LogP contribution >= 0.6 is 11.6 Å². The van der Waals surface area contributed by atoms with Crippen LogP contribution in [0.2, 0.25) is 5.02 Å². The topological polar surface area (TPSA) is 47.1 Å². The molecule has 0 radical (unpaired) electrons. The van der Waals surface area contributed by atoms with Crippen molar-refractivity contribution in [3.63, 3.8) is 0 Å². The van der Waals surface area contributed by atoms with E-state index in [1.54, 1.807) is 0 Å². The van der Waals surface area contributed by atoms with Crippen LogP contribution in [0.15, 0.2) is 0 Å². The largest absolute Gasteiger partial charge is 0.328 e. The number of hydrogen-bond acceptors (Lipinski definition) is 3. The summed E-state index contributed by atoms with van der Waals surface area (Å²) in [6.07, 6.45) is 4.65. The molecule has 1 aromatic rings. The highest BCUT2D eigenvalue weighted by molar-refractivity contribution is 6.31. The van der Waals surface area contributed by atoms with E-state index in [1.165, 1.54) is 12.8 Å². The third-order valence-electron chi connectivity index (χ3n) is 4.22. The molecular weight excluding hydrogens is 260 g/mol. The first-order valence-corrected chi connectivity index (χ1v) is 7.58. The van der Waals surface area contributed by atoms with E-state index in [2.05, 4.69) is 24.0 Å². The molecule has 0 bridgehead atoms. The van der Waals surface area contributed by atoms with Gasteiger partial charge in [0.05, 0.1) is 16.4 Å². The summed E-state index contributed by atoms with van der Waals surface area (Å²) in [5, 5.41) is 5.30. The van der Waals surface area contributed by atoms with Gasteiger partial charge in [-0.1, -0.05) is 11.6 Å². The minimum atomic E-state index is 0.400. The Bertz CT molecular complexity index is 421. The number of halogens is 1. The van der Waals surface area contributed by atoms with E-state index in [4.69, 9.17) is 17.3 Å². The Balaban J connectivity index is 2.04. The Kier molecular flexibility index (Phi) is 4.87. The zero-order valence-corrected chi connectivity index (χ0v) is 13.0. The number of aryl methyl sites for hydroxylation is 2. The van der Waals surface area contributed by atoms with Gasteiger partial charge in [0.2, 0.25) is 0 Å². The maximum Gasteiger partial charge on any atom is 0.0860 e. The van der Waals surface area contributed by atoms with Gasteiger partial charge in [-0.15, -0.1) is 0 Å². The Morgan fingerprint density at radius 3 is 2.58 bits per heavy atom. The molecule has 0 aromatic carbocycles. The smallest absolute Gasteiger partial charge is 0.0860 e. The van der Waals surface area contributed by atoms with Crippen LogP contribution in [0.4, 0.5) is 0 Å².